The molecule has 2 rings (SSSR count). The molecule has 0 saturated heterocycles. The van der Waals surface area contributed by atoms with E-state index >= 15 is 0 Å². The number of aryl methyl sites for hydroxylation is 1. The summed E-state index contributed by atoms with van der Waals surface area (Å²) in [5.74, 6) is -0.310. The largest absolute Gasteiger partial charge is 0.544 e. The summed E-state index contributed by atoms with van der Waals surface area (Å²) in [5.41, 5.74) is 0.673. The standard InChI is InChI=1S/C13H12N2O4S/c1-8-14-15-13(19-8)20-11(12(16)17)7-9-4-3-5-10(6-9)18-2/h3-7H,1-2H3,(H,16,17)/p-1/b11-7-. The van der Waals surface area contributed by atoms with E-state index in [4.69, 9.17) is 9.15 Å². The van der Waals surface area contributed by atoms with Crippen molar-refractivity contribution in [3.63, 3.8) is 0 Å². The van der Waals surface area contributed by atoms with Gasteiger partial charge in [0, 0.05) is 11.8 Å². The van der Waals surface area contributed by atoms with Crippen LogP contribution < -0.4 is 9.84 Å². The molecule has 2 aromatic rings. The second-order valence-electron chi connectivity index (χ2n) is 3.76. The second kappa shape index (κ2) is 6.25. The quantitative estimate of drug-likeness (QED) is 0.605. The lowest BCUT2D eigenvalue weighted by Gasteiger charge is -2.06. The first kappa shape index (κ1) is 14.1. The van der Waals surface area contributed by atoms with Crippen molar-refractivity contribution in [3.8, 4) is 5.75 Å². The zero-order chi connectivity index (χ0) is 14.5. The van der Waals surface area contributed by atoms with E-state index in [1.54, 1.807) is 38.3 Å². The Morgan fingerprint density at radius 2 is 2.25 bits per heavy atom. The third kappa shape index (κ3) is 3.61. The third-order valence-corrected chi connectivity index (χ3v) is 3.14. The van der Waals surface area contributed by atoms with Gasteiger partial charge in [-0.1, -0.05) is 12.1 Å². The summed E-state index contributed by atoms with van der Waals surface area (Å²) < 4.78 is 10.2. The van der Waals surface area contributed by atoms with Crippen molar-refractivity contribution < 1.29 is 19.1 Å². The maximum Gasteiger partial charge on any atom is 0.281 e. The SMILES string of the molecule is COc1cccc(/C=C(\Sc2nnc(C)o2)C(=O)[O-])c1. The van der Waals surface area contributed by atoms with Crippen LogP contribution in [0.25, 0.3) is 6.08 Å². The van der Waals surface area contributed by atoms with E-state index in [-0.39, 0.29) is 10.1 Å². The number of rotatable bonds is 5. The number of carbonyl (C=O) groups excluding carboxylic acids is 1. The Morgan fingerprint density at radius 1 is 1.45 bits per heavy atom. The van der Waals surface area contributed by atoms with Crippen LogP contribution in [0.2, 0.25) is 0 Å². The molecule has 0 amide bonds. The zero-order valence-electron chi connectivity index (χ0n) is 10.8. The number of carboxylic acids is 1. The smallest absolute Gasteiger partial charge is 0.281 e. The van der Waals surface area contributed by atoms with Gasteiger partial charge in [0.2, 0.25) is 5.89 Å². The number of carbonyl (C=O) groups is 1. The van der Waals surface area contributed by atoms with Crippen LogP contribution in [0.5, 0.6) is 5.75 Å². The minimum absolute atomic E-state index is 0.0260. The Bertz CT molecular complexity index is 651. The van der Waals surface area contributed by atoms with E-state index in [1.165, 1.54) is 6.08 Å². The normalized spacial score (nSPS) is 11.4. The predicted octanol–water partition coefficient (Wildman–Crippen LogP) is 1.27. The predicted molar refractivity (Wildman–Crippen MR) is 70.9 cm³/mol. The number of aromatic nitrogens is 2. The fourth-order valence-corrected chi connectivity index (χ4v) is 2.14. The number of thioether (sulfide) groups is 1. The molecule has 104 valence electrons. The molecule has 20 heavy (non-hydrogen) atoms. The molecule has 0 aliphatic rings. The number of methoxy groups -OCH3 is 1. The van der Waals surface area contributed by atoms with E-state index in [1.807, 2.05) is 0 Å². The highest BCUT2D eigenvalue weighted by Crippen LogP contribution is 2.27. The molecule has 1 heterocycles. The van der Waals surface area contributed by atoms with Crippen molar-refractivity contribution in [2.24, 2.45) is 0 Å². The fraction of sp³-hybridized carbons (Fsp3) is 0.154. The summed E-state index contributed by atoms with van der Waals surface area (Å²) >= 11 is 0.844. The van der Waals surface area contributed by atoms with E-state index in [9.17, 15) is 9.90 Å². The lowest BCUT2D eigenvalue weighted by molar-refractivity contribution is -0.298. The second-order valence-corrected chi connectivity index (χ2v) is 4.75. The van der Waals surface area contributed by atoms with Gasteiger partial charge in [-0.05, 0) is 35.5 Å². The number of benzene rings is 1. The Morgan fingerprint density at radius 3 is 2.85 bits per heavy atom. The highest BCUT2D eigenvalue weighted by Gasteiger charge is 2.09. The zero-order valence-corrected chi connectivity index (χ0v) is 11.6. The lowest BCUT2D eigenvalue weighted by atomic mass is 10.2. The molecular weight excluding hydrogens is 280 g/mol. The first-order valence-electron chi connectivity index (χ1n) is 5.63. The lowest BCUT2D eigenvalue weighted by Crippen LogP contribution is -2.23. The fourth-order valence-electron chi connectivity index (χ4n) is 1.43. The van der Waals surface area contributed by atoms with Crippen LogP contribution in [0.4, 0.5) is 0 Å². The molecule has 0 bridgehead atoms. The van der Waals surface area contributed by atoms with Gasteiger partial charge in [-0.15, -0.1) is 10.2 Å². The van der Waals surface area contributed by atoms with Crippen LogP contribution >= 0.6 is 11.8 Å². The summed E-state index contributed by atoms with van der Waals surface area (Å²) in [6.07, 6.45) is 1.46. The molecule has 0 atom stereocenters. The molecule has 0 spiro atoms. The number of hydrogen-bond acceptors (Lipinski definition) is 7. The molecule has 7 heteroatoms. The van der Waals surface area contributed by atoms with E-state index < -0.39 is 5.97 Å². The van der Waals surface area contributed by atoms with Crippen molar-refractivity contribution in [1.29, 1.82) is 0 Å². The molecule has 0 N–H and O–H groups in total. The number of hydrogen-bond donors (Lipinski definition) is 0. The van der Waals surface area contributed by atoms with Gasteiger partial charge >= 0.3 is 0 Å². The Kier molecular flexibility index (Phi) is 4.41. The Balaban J connectivity index is 2.27. The highest BCUT2D eigenvalue weighted by atomic mass is 32.2. The average molecular weight is 291 g/mol. The van der Waals surface area contributed by atoms with E-state index in [2.05, 4.69) is 10.2 Å². The van der Waals surface area contributed by atoms with Crippen molar-refractivity contribution in [1.82, 2.24) is 10.2 Å². The number of ether oxygens (including phenoxy) is 1. The molecule has 6 nitrogen and oxygen atoms in total. The first-order chi connectivity index (χ1) is 9.58. The van der Waals surface area contributed by atoms with Crippen LogP contribution in [0, 0.1) is 6.92 Å². The van der Waals surface area contributed by atoms with Crippen molar-refractivity contribution in [2.75, 3.05) is 7.11 Å². The average Bonchev–Trinajstić information content (AvgIpc) is 2.83. The molecular formula is C13H11N2O4S-. The molecule has 0 unspecified atom stereocenters. The topological polar surface area (TPSA) is 88.3 Å². The van der Waals surface area contributed by atoms with Crippen molar-refractivity contribution in [3.05, 3.63) is 40.6 Å². The maximum absolute atomic E-state index is 11.1. The van der Waals surface area contributed by atoms with Crippen LogP contribution in [0.3, 0.4) is 0 Å². The van der Waals surface area contributed by atoms with Gasteiger partial charge < -0.3 is 19.1 Å². The van der Waals surface area contributed by atoms with Crippen LogP contribution in [-0.2, 0) is 4.79 Å². The molecule has 1 aromatic carbocycles. The molecule has 0 saturated carbocycles. The van der Waals surface area contributed by atoms with Gasteiger partial charge in [-0.25, -0.2) is 0 Å². The molecule has 0 radical (unpaired) electrons. The van der Waals surface area contributed by atoms with Gasteiger partial charge in [0.25, 0.3) is 5.22 Å². The van der Waals surface area contributed by atoms with Gasteiger partial charge in [0.1, 0.15) is 5.75 Å². The van der Waals surface area contributed by atoms with E-state index in [0.717, 1.165) is 11.8 Å². The van der Waals surface area contributed by atoms with E-state index in [0.29, 0.717) is 17.2 Å². The van der Waals surface area contributed by atoms with Crippen LogP contribution in [-0.4, -0.2) is 23.3 Å². The number of aliphatic carboxylic acids is 1. The molecule has 0 aliphatic heterocycles. The Labute approximate surface area is 119 Å². The van der Waals surface area contributed by atoms with Gasteiger partial charge in [0.05, 0.1) is 13.1 Å². The van der Waals surface area contributed by atoms with Crippen LogP contribution in [0.15, 0.2) is 38.8 Å². The maximum atomic E-state index is 11.1. The molecule has 0 aliphatic carbocycles. The summed E-state index contributed by atoms with van der Waals surface area (Å²) in [6, 6.07) is 7.00. The Hall–Kier alpha value is -2.28. The van der Waals surface area contributed by atoms with Crippen molar-refractivity contribution >= 4 is 23.8 Å². The van der Waals surface area contributed by atoms with Crippen molar-refractivity contribution in [2.45, 2.75) is 12.1 Å². The number of carboxylic acid groups (broad SMARTS) is 1. The van der Waals surface area contributed by atoms with Crippen LogP contribution in [0.1, 0.15) is 11.5 Å². The minimum atomic E-state index is -1.31. The third-order valence-electron chi connectivity index (χ3n) is 2.30. The van der Waals surface area contributed by atoms with Gasteiger partial charge in [-0.3, -0.25) is 0 Å². The molecule has 1 aromatic heterocycles. The van der Waals surface area contributed by atoms with Gasteiger partial charge in [0.15, 0.2) is 0 Å². The summed E-state index contributed by atoms with van der Waals surface area (Å²) in [5, 5.41) is 18.7. The highest BCUT2D eigenvalue weighted by molar-refractivity contribution is 8.03. The number of nitrogens with zero attached hydrogens (tertiary/aromatic N) is 2. The first-order valence-corrected chi connectivity index (χ1v) is 6.45. The minimum Gasteiger partial charge on any atom is -0.544 e. The summed E-state index contributed by atoms with van der Waals surface area (Å²) in [4.78, 5) is 11.1. The summed E-state index contributed by atoms with van der Waals surface area (Å²) in [7, 11) is 1.54. The monoisotopic (exact) mass is 291 g/mol. The summed E-state index contributed by atoms with van der Waals surface area (Å²) in [6.45, 7) is 1.63. The van der Waals surface area contributed by atoms with Gasteiger partial charge in [-0.2, -0.15) is 0 Å². The molecule has 0 fully saturated rings.